The van der Waals surface area contributed by atoms with Gasteiger partial charge in [0.2, 0.25) is 5.91 Å². The van der Waals surface area contributed by atoms with E-state index in [4.69, 9.17) is 11.6 Å². The van der Waals surface area contributed by atoms with Crippen LogP contribution in [0.5, 0.6) is 0 Å². The van der Waals surface area contributed by atoms with Crippen LogP contribution in [0.25, 0.3) is 10.2 Å². The molecule has 0 atom stereocenters. The molecule has 7 nitrogen and oxygen atoms in total. The van der Waals surface area contributed by atoms with Crippen molar-refractivity contribution in [2.45, 2.75) is 12.8 Å². The number of benzene rings is 1. The number of hydrogen-bond acceptors (Lipinski definition) is 6. The van der Waals surface area contributed by atoms with Gasteiger partial charge in [0.05, 0.1) is 15.2 Å². The molecule has 0 saturated carbocycles. The van der Waals surface area contributed by atoms with E-state index in [1.807, 2.05) is 18.2 Å². The van der Waals surface area contributed by atoms with Gasteiger partial charge >= 0.3 is 0 Å². The quantitative estimate of drug-likeness (QED) is 0.768. The molecule has 102 valence electrons. The Hall–Kier alpha value is -2.06. The summed E-state index contributed by atoms with van der Waals surface area (Å²) in [6, 6.07) is 5.57. The zero-order valence-electron chi connectivity index (χ0n) is 10.1. The molecule has 0 aliphatic heterocycles. The van der Waals surface area contributed by atoms with Gasteiger partial charge in [-0.05, 0) is 23.4 Å². The van der Waals surface area contributed by atoms with Crippen molar-refractivity contribution >= 4 is 45.0 Å². The first kappa shape index (κ1) is 12.9. The molecule has 3 rings (SSSR count). The number of halogens is 1. The number of rotatable bonds is 4. The van der Waals surface area contributed by atoms with Crippen LogP contribution in [0.2, 0.25) is 5.02 Å². The Morgan fingerprint density at radius 2 is 2.35 bits per heavy atom. The van der Waals surface area contributed by atoms with Crippen molar-refractivity contribution < 1.29 is 4.79 Å². The third-order valence-corrected chi connectivity index (χ3v) is 3.89. The molecule has 0 spiro atoms. The molecule has 0 fully saturated rings. The van der Waals surface area contributed by atoms with Gasteiger partial charge in [-0.25, -0.2) is 4.98 Å². The van der Waals surface area contributed by atoms with E-state index in [9.17, 15) is 4.79 Å². The zero-order valence-corrected chi connectivity index (χ0v) is 11.7. The molecule has 0 saturated heterocycles. The lowest BCUT2D eigenvalue weighted by molar-refractivity contribution is -0.116. The van der Waals surface area contributed by atoms with E-state index < -0.39 is 0 Å². The summed E-state index contributed by atoms with van der Waals surface area (Å²) in [7, 11) is 0. The highest BCUT2D eigenvalue weighted by Crippen LogP contribution is 2.25. The Kier molecular flexibility index (Phi) is 3.57. The standard InChI is InChI=1S/C11H9ClN6OS/c12-6-1-2-8-7(5-6)13-10(20-8)4-3-9(19)14-11-15-17-18-16-11/h1-2,5H,3-4H2,(H2,14,15,16,17,18,19). The van der Waals surface area contributed by atoms with Crippen LogP contribution in [0.4, 0.5) is 5.95 Å². The lowest BCUT2D eigenvalue weighted by Crippen LogP contribution is -2.13. The number of carbonyl (C=O) groups is 1. The minimum Gasteiger partial charge on any atom is -0.292 e. The van der Waals surface area contributed by atoms with Gasteiger partial charge < -0.3 is 0 Å². The van der Waals surface area contributed by atoms with Crippen LogP contribution >= 0.6 is 22.9 Å². The van der Waals surface area contributed by atoms with Gasteiger partial charge in [-0.2, -0.15) is 5.21 Å². The average Bonchev–Trinajstić information content (AvgIpc) is 3.04. The van der Waals surface area contributed by atoms with Crippen LogP contribution in [0, 0.1) is 0 Å². The number of tetrazole rings is 1. The second-order valence-corrected chi connectivity index (χ2v) is 5.55. The molecule has 20 heavy (non-hydrogen) atoms. The highest BCUT2D eigenvalue weighted by atomic mass is 35.5. The molecule has 0 aliphatic rings. The van der Waals surface area contributed by atoms with E-state index in [1.165, 1.54) is 0 Å². The number of nitrogens with one attached hydrogen (secondary N) is 2. The minimum absolute atomic E-state index is 0.172. The third kappa shape index (κ3) is 2.91. The Balaban J connectivity index is 1.63. The maximum Gasteiger partial charge on any atom is 0.269 e. The fraction of sp³-hybridized carbons (Fsp3) is 0.182. The van der Waals surface area contributed by atoms with E-state index in [-0.39, 0.29) is 11.9 Å². The first-order chi connectivity index (χ1) is 9.70. The van der Waals surface area contributed by atoms with E-state index in [2.05, 4.69) is 30.9 Å². The maximum absolute atomic E-state index is 11.7. The van der Waals surface area contributed by atoms with Gasteiger partial charge in [0.25, 0.3) is 5.95 Å². The molecule has 1 aromatic carbocycles. The second-order valence-electron chi connectivity index (χ2n) is 4.00. The highest BCUT2D eigenvalue weighted by Gasteiger charge is 2.09. The van der Waals surface area contributed by atoms with E-state index in [0.717, 1.165) is 15.2 Å². The molecule has 0 aliphatic carbocycles. The maximum atomic E-state index is 11.7. The minimum atomic E-state index is -0.177. The first-order valence-electron chi connectivity index (χ1n) is 5.79. The number of nitrogens with zero attached hydrogens (tertiary/aromatic N) is 4. The normalized spacial score (nSPS) is 10.8. The molecule has 2 aromatic heterocycles. The predicted molar refractivity (Wildman–Crippen MR) is 75.8 cm³/mol. The first-order valence-corrected chi connectivity index (χ1v) is 6.98. The van der Waals surface area contributed by atoms with Gasteiger partial charge in [0, 0.05) is 17.9 Å². The Labute approximate surface area is 122 Å². The Bertz CT molecular complexity index is 741. The van der Waals surface area contributed by atoms with Crippen LogP contribution < -0.4 is 5.32 Å². The third-order valence-electron chi connectivity index (χ3n) is 2.56. The second kappa shape index (κ2) is 5.51. The largest absolute Gasteiger partial charge is 0.292 e. The molecule has 0 radical (unpaired) electrons. The molecule has 9 heteroatoms. The molecule has 0 unspecified atom stereocenters. The van der Waals surface area contributed by atoms with Crippen molar-refractivity contribution in [3.63, 3.8) is 0 Å². The number of aromatic amines is 1. The lowest BCUT2D eigenvalue weighted by atomic mass is 10.3. The van der Waals surface area contributed by atoms with Crippen molar-refractivity contribution in [2.75, 3.05) is 5.32 Å². The molecule has 1 amide bonds. The number of fused-ring (bicyclic) bond motifs is 1. The Morgan fingerprint density at radius 1 is 1.45 bits per heavy atom. The van der Waals surface area contributed by atoms with Gasteiger partial charge in [-0.3, -0.25) is 10.1 Å². The van der Waals surface area contributed by atoms with E-state index in [1.54, 1.807) is 11.3 Å². The van der Waals surface area contributed by atoms with Crippen LogP contribution in [0.3, 0.4) is 0 Å². The molecule has 2 N–H and O–H groups in total. The van der Waals surface area contributed by atoms with Gasteiger partial charge in [0.1, 0.15) is 0 Å². The zero-order chi connectivity index (χ0) is 13.9. The summed E-state index contributed by atoms with van der Waals surface area (Å²) in [5.41, 5.74) is 0.857. The van der Waals surface area contributed by atoms with Crippen molar-refractivity contribution in [3.8, 4) is 0 Å². The number of anilines is 1. The van der Waals surface area contributed by atoms with Crippen molar-refractivity contribution in [3.05, 3.63) is 28.2 Å². The molecular formula is C11H9ClN6OS. The monoisotopic (exact) mass is 308 g/mol. The highest BCUT2D eigenvalue weighted by molar-refractivity contribution is 7.18. The molecule has 0 bridgehead atoms. The van der Waals surface area contributed by atoms with Crippen LogP contribution in [0.15, 0.2) is 18.2 Å². The van der Waals surface area contributed by atoms with Gasteiger partial charge in [-0.15, -0.1) is 16.4 Å². The van der Waals surface area contributed by atoms with Crippen molar-refractivity contribution in [1.82, 2.24) is 25.6 Å². The fourth-order valence-electron chi connectivity index (χ4n) is 1.68. The average molecular weight is 309 g/mol. The SMILES string of the molecule is O=C(CCc1nc2cc(Cl)ccc2s1)Nc1nn[nH]n1. The summed E-state index contributed by atoms with van der Waals surface area (Å²) in [6.07, 6.45) is 0.864. The number of aromatic nitrogens is 5. The summed E-state index contributed by atoms with van der Waals surface area (Å²) in [5, 5.41) is 17.0. The Morgan fingerprint density at radius 3 is 3.15 bits per heavy atom. The van der Waals surface area contributed by atoms with Crippen LogP contribution in [-0.4, -0.2) is 31.5 Å². The van der Waals surface area contributed by atoms with Crippen LogP contribution in [-0.2, 0) is 11.2 Å². The summed E-state index contributed by atoms with van der Waals surface area (Å²) >= 11 is 7.47. The molecular weight excluding hydrogens is 300 g/mol. The topological polar surface area (TPSA) is 96.5 Å². The lowest BCUT2D eigenvalue weighted by Gasteiger charge is -1.97. The van der Waals surface area contributed by atoms with Gasteiger partial charge in [-0.1, -0.05) is 16.7 Å². The number of hydrogen-bond donors (Lipinski definition) is 2. The van der Waals surface area contributed by atoms with E-state index in [0.29, 0.717) is 17.9 Å². The fourth-order valence-corrected chi connectivity index (χ4v) is 2.79. The predicted octanol–water partition coefficient (Wildman–Crippen LogP) is 2.03. The summed E-state index contributed by atoms with van der Waals surface area (Å²) in [5.74, 6) is -0.00484. The smallest absolute Gasteiger partial charge is 0.269 e. The summed E-state index contributed by atoms with van der Waals surface area (Å²) in [6.45, 7) is 0. The van der Waals surface area contributed by atoms with Crippen molar-refractivity contribution in [1.29, 1.82) is 0 Å². The van der Waals surface area contributed by atoms with E-state index >= 15 is 0 Å². The summed E-state index contributed by atoms with van der Waals surface area (Å²) in [4.78, 5) is 16.1. The van der Waals surface area contributed by atoms with Gasteiger partial charge in [0.15, 0.2) is 0 Å². The summed E-state index contributed by atoms with van der Waals surface area (Å²) < 4.78 is 1.06. The number of carbonyl (C=O) groups excluding carboxylic acids is 1. The number of aryl methyl sites for hydroxylation is 1. The number of amides is 1. The number of thiazole rings is 1. The van der Waals surface area contributed by atoms with Crippen LogP contribution in [0.1, 0.15) is 11.4 Å². The van der Waals surface area contributed by atoms with Crippen molar-refractivity contribution in [2.24, 2.45) is 0 Å². The molecule has 2 heterocycles. The molecule has 3 aromatic rings. The number of H-pyrrole nitrogens is 1.